The Morgan fingerprint density at radius 2 is 1.68 bits per heavy atom. The number of carbonyl (C=O) groups is 1. The van der Waals surface area contributed by atoms with Crippen LogP contribution in [0.2, 0.25) is 0 Å². The van der Waals surface area contributed by atoms with Gasteiger partial charge in [0.15, 0.2) is 6.61 Å². The second-order valence-corrected chi connectivity index (χ2v) is 10.0. The molecule has 0 aliphatic heterocycles. The van der Waals surface area contributed by atoms with Crippen molar-refractivity contribution in [3.63, 3.8) is 0 Å². The third-order valence-corrected chi connectivity index (χ3v) is 7.38. The number of benzene rings is 3. The lowest BCUT2D eigenvalue weighted by molar-refractivity contribution is -0.118. The highest BCUT2D eigenvalue weighted by atomic mass is 32.2. The molecule has 1 fully saturated rings. The van der Waals surface area contributed by atoms with Gasteiger partial charge in [-0.05, 0) is 67.3 Å². The molecule has 0 saturated heterocycles. The summed E-state index contributed by atoms with van der Waals surface area (Å²) in [6.45, 7) is 1.56. The Kier molecular flexibility index (Phi) is 6.68. The van der Waals surface area contributed by atoms with Crippen LogP contribution in [0.5, 0.6) is 5.75 Å². The van der Waals surface area contributed by atoms with Crippen molar-refractivity contribution in [2.24, 2.45) is 0 Å². The number of nitrogens with one attached hydrogen (secondary N) is 2. The maximum Gasteiger partial charge on any atom is 0.262 e. The van der Waals surface area contributed by atoms with E-state index in [-0.39, 0.29) is 28.9 Å². The Morgan fingerprint density at radius 3 is 2.26 bits per heavy atom. The number of carbonyl (C=O) groups excluding carboxylic acids is 1. The Bertz CT molecular complexity index is 1290. The average Bonchev–Trinajstić information content (AvgIpc) is 3.65. The third kappa shape index (κ3) is 5.45. The summed E-state index contributed by atoms with van der Waals surface area (Å²) in [6, 6.07) is 24.4. The van der Waals surface area contributed by atoms with E-state index >= 15 is 0 Å². The van der Waals surface area contributed by atoms with Crippen molar-refractivity contribution in [3.05, 3.63) is 90.0 Å². The van der Waals surface area contributed by atoms with Crippen LogP contribution in [0, 0.1) is 11.3 Å². The molecule has 7 nitrogen and oxygen atoms in total. The van der Waals surface area contributed by atoms with E-state index < -0.39 is 10.0 Å². The molecule has 8 heteroatoms. The second-order valence-electron chi connectivity index (χ2n) is 8.33. The zero-order valence-electron chi connectivity index (χ0n) is 18.7. The number of hydrogen-bond donors (Lipinski definition) is 2. The lowest BCUT2D eigenvalue weighted by Crippen LogP contribution is -2.26. The quantitative estimate of drug-likeness (QED) is 0.480. The first-order chi connectivity index (χ1) is 16.3. The van der Waals surface area contributed by atoms with Crippen LogP contribution in [0.3, 0.4) is 0 Å². The molecule has 3 aromatic rings. The van der Waals surface area contributed by atoms with Crippen LogP contribution in [0.1, 0.15) is 36.9 Å². The summed E-state index contributed by atoms with van der Waals surface area (Å²) in [5.74, 6) is 0.0365. The summed E-state index contributed by atoms with van der Waals surface area (Å²) < 4.78 is 33.5. The molecule has 0 heterocycles. The third-order valence-electron chi connectivity index (χ3n) is 5.82. The number of nitrogens with zero attached hydrogens (tertiary/aromatic N) is 1. The molecule has 1 saturated carbocycles. The maximum atomic E-state index is 12.7. The number of anilines is 1. The molecule has 1 atom stereocenters. The molecule has 0 unspecified atom stereocenters. The standard InChI is InChI=1S/C26H25N3O4S/c1-19(20-5-3-2-4-6-20)29-34(31,32)24-13-11-23(12-14-24)33-17-25(30)28-22-9-7-21(8-10-22)26(18-27)15-16-26/h2-14,19,29H,15-17H2,1H3,(H,28,30)/t19-/m1/s1. The van der Waals surface area contributed by atoms with Gasteiger partial charge in [0.25, 0.3) is 5.91 Å². The van der Waals surface area contributed by atoms with Crippen LogP contribution in [0.15, 0.2) is 83.8 Å². The molecule has 0 aromatic heterocycles. The summed E-state index contributed by atoms with van der Waals surface area (Å²) in [5, 5.41) is 12.0. The van der Waals surface area contributed by atoms with E-state index in [9.17, 15) is 18.5 Å². The van der Waals surface area contributed by atoms with Crippen LogP contribution in [-0.2, 0) is 20.2 Å². The molecule has 1 aliphatic carbocycles. The monoisotopic (exact) mass is 475 g/mol. The summed E-state index contributed by atoms with van der Waals surface area (Å²) in [5.41, 5.74) is 2.09. The zero-order chi connectivity index (χ0) is 24.2. The smallest absolute Gasteiger partial charge is 0.262 e. The fourth-order valence-corrected chi connectivity index (χ4v) is 4.87. The molecule has 3 aromatic carbocycles. The number of rotatable bonds is 9. The minimum atomic E-state index is -3.71. The van der Waals surface area contributed by atoms with Crippen molar-refractivity contribution in [2.75, 3.05) is 11.9 Å². The second kappa shape index (κ2) is 9.67. The van der Waals surface area contributed by atoms with Crippen LogP contribution < -0.4 is 14.8 Å². The number of hydrogen-bond acceptors (Lipinski definition) is 5. The number of sulfonamides is 1. The average molecular weight is 476 g/mol. The van der Waals surface area contributed by atoms with Gasteiger partial charge in [0.05, 0.1) is 16.4 Å². The lowest BCUT2D eigenvalue weighted by Gasteiger charge is -2.15. The van der Waals surface area contributed by atoms with Gasteiger partial charge in [-0.15, -0.1) is 0 Å². The first-order valence-electron chi connectivity index (χ1n) is 10.9. The molecule has 4 rings (SSSR count). The minimum Gasteiger partial charge on any atom is -0.484 e. The molecule has 0 spiro atoms. The van der Waals surface area contributed by atoms with E-state index in [4.69, 9.17) is 4.74 Å². The number of nitriles is 1. The van der Waals surface area contributed by atoms with E-state index in [1.807, 2.05) is 42.5 Å². The van der Waals surface area contributed by atoms with E-state index in [1.165, 1.54) is 24.3 Å². The summed E-state index contributed by atoms with van der Waals surface area (Å²) in [6.07, 6.45) is 1.73. The molecule has 174 valence electrons. The molecule has 1 aliphatic rings. The highest BCUT2D eigenvalue weighted by molar-refractivity contribution is 7.89. The molecule has 34 heavy (non-hydrogen) atoms. The first kappa shape index (κ1) is 23.5. The molecule has 1 amide bonds. The topological polar surface area (TPSA) is 108 Å². The van der Waals surface area contributed by atoms with Crippen LogP contribution in [-0.4, -0.2) is 20.9 Å². The number of ether oxygens (including phenoxy) is 1. The predicted molar refractivity (Wildman–Crippen MR) is 129 cm³/mol. The maximum absolute atomic E-state index is 12.7. The molecule has 2 N–H and O–H groups in total. The molecule has 0 bridgehead atoms. The molecular formula is C26H25N3O4S. The number of amides is 1. The Morgan fingerprint density at radius 1 is 1.03 bits per heavy atom. The molecular weight excluding hydrogens is 450 g/mol. The Hall–Kier alpha value is -3.67. The Balaban J connectivity index is 1.29. The van der Waals surface area contributed by atoms with Gasteiger partial charge in [-0.3, -0.25) is 4.79 Å². The largest absolute Gasteiger partial charge is 0.484 e. The van der Waals surface area contributed by atoms with Crippen molar-refractivity contribution < 1.29 is 17.9 Å². The minimum absolute atomic E-state index is 0.109. The van der Waals surface area contributed by atoms with E-state index in [0.29, 0.717) is 11.4 Å². The normalized spacial score (nSPS) is 15.1. The molecule has 0 radical (unpaired) electrons. The van der Waals surface area contributed by atoms with Crippen LogP contribution >= 0.6 is 0 Å². The van der Waals surface area contributed by atoms with Gasteiger partial charge >= 0.3 is 0 Å². The van der Waals surface area contributed by atoms with Crippen molar-refractivity contribution in [1.29, 1.82) is 5.26 Å². The van der Waals surface area contributed by atoms with Crippen molar-refractivity contribution in [2.45, 2.75) is 36.1 Å². The zero-order valence-corrected chi connectivity index (χ0v) is 19.5. The van der Waals surface area contributed by atoms with Crippen molar-refractivity contribution in [1.82, 2.24) is 4.72 Å². The Labute approximate surface area is 199 Å². The highest BCUT2D eigenvalue weighted by Gasteiger charge is 2.44. The SMILES string of the molecule is C[C@@H](NS(=O)(=O)c1ccc(OCC(=O)Nc2ccc(C3(C#N)CC3)cc2)cc1)c1ccccc1. The highest BCUT2D eigenvalue weighted by Crippen LogP contribution is 2.47. The van der Waals surface area contributed by atoms with Crippen molar-refractivity contribution >= 4 is 21.6 Å². The summed E-state index contributed by atoms with van der Waals surface area (Å²) >= 11 is 0. The fraction of sp³-hybridized carbons (Fsp3) is 0.231. The summed E-state index contributed by atoms with van der Waals surface area (Å²) in [4.78, 5) is 12.3. The van der Waals surface area contributed by atoms with Gasteiger partial charge in [-0.25, -0.2) is 13.1 Å². The van der Waals surface area contributed by atoms with Crippen LogP contribution in [0.25, 0.3) is 0 Å². The van der Waals surface area contributed by atoms with E-state index in [0.717, 1.165) is 24.0 Å². The van der Waals surface area contributed by atoms with E-state index in [1.54, 1.807) is 19.1 Å². The lowest BCUT2D eigenvalue weighted by atomic mass is 9.98. The first-order valence-corrected chi connectivity index (χ1v) is 12.4. The summed E-state index contributed by atoms with van der Waals surface area (Å²) in [7, 11) is -3.71. The van der Waals surface area contributed by atoms with Gasteiger partial charge in [-0.1, -0.05) is 42.5 Å². The van der Waals surface area contributed by atoms with Gasteiger partial charge in [0.1, 0.15) is 5.75 Å². The van der Waals surface area contributed by atoms with Gasteiger partial charge < -0.3 is 10.1 Å². The predicted octanol–water partition coefficient (Wildman–Crippen LogP) is 4.30. The van der Waals surface area contributed by atoms with Crippen LogP contribution in [0.4, 0.5) is 5.69 Å². The van der Waals surface area contributed by atoms with E-state index in [2.05, 4.69) is 16.1 Å². The van der Waals surface area contributed by atoms with Gasteiger partial charge in [-0.2, -0.15) is 5.26 Å². The van der Waals surface area contributed by atoms with Crippen molar-refractivity contribution in [3.8, 4) is 11.8 Å². The van der Waals surface area contributed by atoms with Gasteiger partial charge in [0.2, 0.25) is 10.0 Å². The fourth-order valence-electron chi connectivity index (χ4n) is 3.63. The van der Waals surface area contributed by atoms with Gasteiger partial charge in [0, 0.05) is 11.7 Å².